The number of amides is 1. The molecule has 1 aromatic heterocycles. The molecule has 0 unspecified atom stereocenters. The molecular weight excluding hydrogens is 428 g/mol. The highest BCUT2D eigenvalue weighted by atomic mass is 35.5. The smallest absolute Gasteiger partial charge is 0.274 e. The van der Waals surface area contributed by atoms with Crippen LogP contribution < -0.4 is 5.32 Å². The number of benzene rings is 2. The minimum Gasteiger partial charge on any atom is -0.501 e. The number of hydrogen-bond donors (Lipinski definition) is 3. The molecule has 8 heteroatoms. The third-order valence-corrected chi connectivity index (χ3v) is 5.66. The van der Waals surface area contributed by atoms with E-state index in [2.05, 4.69) is 34.0 Å². The lowest BCUT2D eigenvalue weighted by Gasteiger charge is -2.18. The van der Waals surface area contributed by atoms with Crippen LogP contribution in [-0.4, -0.2) is 44.1 Å². The number of nitrogens with one attached hydrogen (secondary N) is 1. The van der Waals surface area contributed by atoms with Gasteiger partial charge in [-0.25, -0.2) is 4.98 Å². The van der Waals surface area contributed by atoms with Gasteiger partial charge >= 0.3 is 0 Å². The number of aromatic nitrogens is 2. The van der Waals surface area contributed by atoms with Crippen molar-refractivity contribution in [2.75, 3.05) is 13.1 Å². The van der Waals surface area contributed by atoms with Crippen LogP contribution in [0.1, 0.15) is 41.0 Å². The van der Waals surface area contributed by atoms with E-state index in [1.807, 2.05) is 37.3 Å². The van der Waals surface area contributed by atoms with Gasteiger partial charge in [0.2, 0.25) is 5.75 Å². The van der Waals surface area contributed by atoms with E-state index in [0.717, 1.165) is 36.3 Å². The van der Waals surface area contributed by atoms with Gasteiger partial charge in [-0.3, -0.25) is 9.69 Å². The summed E-state index contributed by atoms with van der Waals surface area (Å²) in [4.78, 5) is 23.2. The van der Waals surface area contributed by atoms with Crippen LogP contribution in [0.15, 0.2) is 42.5 Å². The van der Waals surface area contributed by atoms with E-state index in [0.29, 0.717) is 10.6 Å². The quantitative estimate of drug-likeness (QED) is 0.469. The van der Waals surface area contributed by atoms with Gasteiger partial charge in [-0.15, -0.1) is 0 Å². The van der Waals surface area contributed by atoms with Crippen LogP contribution in [0.3, 0.4) is 0 Å². The number of aromatic hydroxyl groups is 2. The fourth-order valence-corrected chi connectivity index (χ4v) is 3.46. The van der Waals surface area contributed by atoms with Gasteiger partial charge < -0.3 is 15.5 Å². The Morgan fingerprint density at radius 2 is 1.81 bits per heavy atom. The summed E-state index contributed by atoms with van der Waals surface area (Å²) in [6.07, 6.45) is 0. The van der Waals surface area contributed by atoms with Gasteiger partial charge in [-0.1, -0.05) is 55.8 Å². The van der Waals surface area contributed by atoms with Gasteiger partial charge in [0.1, 0.15) is 0 Å². The molecule has 0 saturated carbocycles. The van der Waals surface area contributed by atoms with Crippen LogP contribution in [-0.2, 0) is 13.1 Å². The number of carbonyl (C=O) groups excluding carboxylic acids is 1. The van der Waals surface area contributed by atoms with Crippen molar-refractivity contribution in [1.29, 1.82) is 0 Å². The van der Waals surface area contributed by atoms with Gasteiger partial charge in [0, 0.05) is 23.7 Å². The first-order valence-electron chi connectivity index (χ1n) is 10.5. The SMILES string of the molecule is CCN(CC)Cc1cccc(-c2nc(O)c(O)c(C(=O)NCc3ccc(C)c(Cl)c3)n2)c1. The Kier molecular flexibility index (Phi) is 7.66. The molecule has 3 N–H and O–H groups in total. The molecular formula is C24H27ClN4O3. The lowest BCUT2D eigenvalue weighted by Crippen LogP contribution is -2.24. The zero-order valence-corrected chi connectivity index (χ0v) is 19.1. The van der Waals surface area contributed by atoms with Crippen LogP contribution in [0.25, 0.3) is 11.4 Å². The van der Waals surface area contributed by atoms with Gasteiger partial charge in [0.05, 0.1) is 0 Å². The summed E-state index contributed by atoms with van der Waals surface area (Å²) in [6.45, 7) is 8.90. The lowest BCUT2D eigenvalue weighted by molar-refractivity contribution is 0.0942. The van der Waals surface area contributed by atoms with Crippen molar-refractivity contribution >= 4 is 17.5 Å². The molecule has 0 spiro atoms. The molecule has 32 heavy (non-hydrogen) atoms. The molecule has 3 rings (SSSR count). The summed E-state index contributed by atoms with van der Waals surface area (Å²) in [5.74, 6) is -1.78. The first-order chi connectivity index (χ1) is 15.3. The highest BCUT2D eigenvalue weighted by Crippen LogP contribution is 2.29. The van der Waals surface area contributed by atoms with Crippen LogP contribution in [0.2, 0.25) is 5.02 Å². The third kappa shape index (κ3) is 5.55. The van der Waals surface area contributed by atoms with Gasteiger partial charge in [-0.2, -0.15) is 4.98 Å². The fourth-order valence-electron chi connectivity index (χ4n) is 3.26. The predicted molar refractivity (Wildman–Crippen MR) is 125 cm³/mol. The average molecular weight is 455 g/mol. The molecule has 0 radical (unpaired) electrons. The van der Waals surface area contributed by atoms with Gasteiger partial charge in [0.15, 0.2) is 11.5 Å². The summed E-state index contributed by atoms with van der Waals surface area (Å²) in [6, 6.07) is 13.1. The maximum Gasteiger partial charge on any atom is 0.274 e. The number of aryl methyl sites for hydroxylation is 1. The second-order valence-electron chi connectivity index (χ2n) is 7.50. The van der Waals surface area contributed by atoms with E-state index in [-0.39, 0.29) is 18.1 Å². The van der Waals surface area contributed by atoms with Crippen LogP contribution in [0.5, 0.6) is 11.6 Å². The second kappa shape index (κ2) is 10.4. The van der Waals surface area contributed by atoms with Crippen molar-refractivity contribution in [1.82, 2.24) is 20.2 Å². The fraction of sp³-hybridized carbons (Fsp3) is 0.292. The number of hydrogen-bond acceptors (Lipinski definition) is 6. The summed E-state index contributed by atoms with van der Waals surface area (Å²) in [7, 11) is 0. The van der Waals surface area contributed by atoms with Crippen LogP contribution in [0.4, 0.5) is 0 Å². The lowest BCUT2D eigenvalue weighted by atomic mass is 10.1. The summed E-state index contributed by atoms with van der Waals surface area (Å²) in [5, 5.41) is 23.6. The standard InChI is InChI=1S/C24H27ClN4O3/c1-4-29(5-2)14-17-7-6-8-18(11-17)22-27-20(21(30)24(32)28-22)23(31)26-13-16-10-9-15(3)19(25)12-16/h6-12,30H,4-5,13-14H2,1-3H3,(H,26,31)(H,27,28,32). The highest BCUT2D eigenvalue weighted by molar-refractivity contribution is 6.31. The zero-order valence-electron chi connectivity index (χ0n) is 18.4. The molecule has 0 atom stereocenters. The van der Waals surface area contributed by atoms with E-state index in [1.54, 1.807) is 12.1 Å². The molecule has 0 saturated heterocycles. The van der Waals surface area contributed by atoms with Crippen molar-refractivity contribution in [3.63, 3.8) is 0 Å². The molecule has 0 aliphatic rings. The van der Waals surface area contributed by atoms with E-state index in [1.165, 1.54) is 0 Å². The van der Waals surface area contributed by atoms with Crippen molar-refractivity contribution < 1.29 is 15.0 Å². The first-order valence-corrected chi connectivity index (χ1v) is 10.8. The molecule has 1 amide bonds. The number of carbonyl (C=O) groups is 1. The predicted octanol–water partition coefficient (Wildman–Crippen LogP) is 4.29. The van der Waals surface area contributed by atoms with Crippen molar-refractivity contribution in [3.05, 3.63) is 69.9 Å². The molecule has 7 nitrogen and oxygen atoms in total. The zero-order chi connectivity index (χ0) is 23.3. The minimum atomic E-state index is -0.660. The maximum atomic E-state index is 12.7. The molecule has 0 fully saturated rings. The van der Waals surface area contributed by atoms with E-state index < -0.39 is 17.5 Å². The molecule has 2 aromatic carbocycles. The molecule has 0 bridgehead atoms. The summed E-state index contributed by atoms with van der Waals surface area (Å²) >= 11 is 6.13. The second-order valence-corrected chi connectivity index (χ2v) is 7.90. The molecule has 0 aliphatic heterocycles. The number of rotatable bonds is 8. The molecule has 3 aromatic rings. The van der Waals surface area contributed by atoms with Crippen molar-refractivity contribution in [3.8, 4) is 23.0 Å². The monoisotopic (exact) mass is 454 g/mol. The van der Waals surface area contributed by atoms with E-state index in [4.69, 9.17) is 11.6 Å². The average Bonchev–Trinajstić information content (AvgIpc) is 2.79. The Labute approximate surface area is 192 Å². The Balaban J connectivity index is 1.84. The normalized spacial score (nSPS) is 11.0. The Hall–Kier alpha value is -3.16. The molecule has 1 heterocycles. The topological polar surface area (TPSA) is 98.6 Å². The van der Waals surface area contributed by atoms with Gasteiger partial charge in [-0.05, 0) is 48.8 Å². The largest absolute Gasteiger partial charge is 0.501 e. The van der Waals surface area contributed by atoms with Gasteiger partial charge in [0.25, 0.3) is 11.8 Å². The van der Waals surface area contributed by atoms with Crippen molar-refractivity contribution in [2.45, 2.75) is 33.9 Å². The van der Waals surface area contributed by atoms with E-state index >= 15 is 0 Å². The van der Waals surface area contributed by atoms with Crippen LogP contribution >= 0.6 is 11.6 Å². The number of halogens is 1. The summed E-state index contributed by atoms with van der Waals surface area (Å²) in [5.41, 5.74) is 3.15. The highest BCUT2D eigenvalue weighted by Gasteiger charge is 2.20. The van der Waals surface area contributed by atoms with Crippen molar-refractivity contribution in [2.24, 2.45) is 0 Å². The Morgan fingerprint density at radius 1 is 1.06 bits per heavy atom. The Morgan fingerprint density at radius 3 is 2.50 bits per heavy atom. The molecule has 168 valence electrons. The number of nitrogens with zero attached hydrogens (tertiary/aromatic N) is 3. The molecule has 0 aliphatic carbocycles. The summed E-state index contributed by atoms with van der Waals surface area (Å²) < 4.78 is 0. The maximum absolute atomic E-state index is 12.7. The van der Waals surface area contributed by atoms with Crippen LogP contribution in [0, 0.1) is 6.92 Å². The third-order valence-electron chi connectivity index (χ3n) is 5.26. The minimum absolute atomic E-state index is 0.158. The van der Waals surface area contributed by atoms with E-state index in [9.17, 15) is 15.0 Å². The Bertz CT molecular complexity index is 1120. The first kappa shape index (κ1) is 23.5.